The van der Waals surface area contributed by atoms with Gasteiger partial charge in [0.2, 0.25) is 5.91 Å². The van der Waals surface area contributed by atoms with Gasteiger partial charge in [0.1, 0.15) is 6.04 Å². The minimum absolute atomic E-state index is 0.333. The lowest BCUT2D eigenvalue weighted by Gasteiger charge is -2.29. The monoisotopic (exact) mass is 288 g/mol. The van der Waals surface area contributed by atoms with Gasteiger partial charge in [0.15, 0.2) is 0 Å². The minimum Gasteiger partial charge on any atom is -0.329 e. The molecule has 5 heteroatoms. The molecular formula is C16H20N2O3. The number of allylic oxidation sites excluding steroid dienone is 3. The molecule has 1 atom stereocenters. The van der Waals surface area contributed by atoms with Crippen molar-refractivity contribution in [1.82, 2.24) is 10.2 Å². The van der Waals surface area contributed by atoms with Crippen molar-refractivity contribution in [2.75, 3.05) is 0 Å². The number of amides is 3. The molecule has 0 aliphatic carbocycles. The van der Waals surface area contributed by atoms with Crippen LogP contribution >= 0.6 is 0 Å². The van der Waals surface area contributed by atoms with E-state index in [4.69, 9.17) is 0 Å². The zero-order valence-electron chi connectivity index (χ0n) is 12.4. The van der Waals surface area contributed by atoms with Crippen molar-refractivity contribution in [3.05, 3.63) is 35.6 Å². The van der Waals surface area contributed by atoms with Crippen molar-refractivity contribution in [2.24, 2.45) is 0 Å². The van der Waals surface area contributed by atoms with Gasteiger partial charge in [-0.05, 0) is 26.2 Å². The minimum atomic E-state index is -0.738. The van der Waals surface area contributed by atoms with Crippen LogP contribution in [0, 0.1) is 0 Å². The number of carbonyl (C=O) groups excluding carboxylic acids is 3. The number of hydrogen-bond acceptors (Lipinski definition) is 3. The van der Waals surface area contributed by atoms with Gasteiger partial charge < -0.3 is 5.32 Å². The first kappa shape index (κ1) is 15.2. The number of nitrogens with one attached hydrogen (secondary N) is 1. The van der Waals surface area contributed by atoms with Crippen LogP contribution in [0.2, 0.25) is 0 Å². The van der Waals surface area contributed by atoms with Crippen LogP contribution in [-0.2, 0) is 14.4 Å². The Morgan fingerprint density at radius 2 is 1.95 bits per heavy atom. The standard InChI is InChI=1S/C16H20N2O3/c1-4-6-7-12-11(5-2)15(20)18(16(12)21)13-9-8-10(3)17-14(13)19/h5,7,13H,3-4,6,8-9H2,1-2H3,(H,17,19)/b11-5+,12-7+. The summed E-state index contributed by atoms with van der Waals surface area (Å²) < 4.78 is 0. The Labute approximate surface area is 124 Å². The summed E-state index contributed by atoms with van der Waals surface area (Å²) in [4.78, 5) is 38.1. The number of nitrogens with zero attached hydrogens (tertiary/aromatic N) is 1. The number of hydrogen-bond donors (Lipinski definition) is 1. The molecule has 112 valence electrons. The first-order valence-corrected chi connectivity index (χ1v) is 7.24. The maximum absolute atomic E-state index is 12.5. The lowest BCUT2D eigenvalue weighted by atomic mass is 10.0. The number of carbonyl (C=O) groups is 3. The smallest absolute Gasteiger partial charge is 0.261 e. The molecule has 21 heavy (non-hydrogen) atoms. The van der Waals surface area contributed by atoms with Crippen molar-refractivity contribution in [3.8, 4) is 0 Å². The molecule has 2 rings (SSSR count). The Morgan fingerprint density at radius 1 is 1.29 bits per heavy atom. The molecule has 1 N–H and O–H groups in total. The van der Waals surface area contributed by atoms with Crippen LogP contribution < -0.4 is 5.32 Å². The first-order chi connectivity index (χ1) is 10.0. The third-order valence-corrected chi connectivity index (χ3v) is 3.75. The molecule has 5 nitrogen and oxygen atoms in total. The molecule has 0 aromatic rings. The summed E-state index contributed by atoms with van der Waals surface area (Å²) in [5.74, 6) is -1.08. The summed E-state index contributed by atoms with van der Waals surface area (Å²) in [6.45, 7) is 7.44. The van der Waals surface area contributed by atoms with E-state index in [-0.39, 0.29) is 17.7 Å². The molecule has 2 aliphatic rings. The summed E-state index contributed by atoms with van der Waals surface area (Å²) in [6.07, 6.45) is 6.06. The second-order valence-corrected chi connectivity index (χ2v) is 5.24. The number of imide groups is 1. The van der Waals surface area contributed by atoms with Crippen molar-refractivity contribution < 1.29 is 14.4 Å². The van der Waals surface area contributed by atoms with E-state index in [1.54, 1.807) is 19.1 Å². The predicted molar refractivity (Wildman–Crippen MR) is 78.9 cm³/mol. The normalized spacial score (nSPS) is 27.0. The van der Waals surface area contributed by atoms with Crippen LogP contribution in [0.15, 0.2) is 35.6 Å². The zero-order valence-corrected chi connectivity index (χ0v) is 12.4. The van der Waals surface area contributed by atoms with E-state index in [2.05, 4.69) is 11.9 Å². The predicted octanol–water partition coefficient (Wildman–Crippen LogP) is 1.82. The molecular weight excluding hydrogens is 268 g/mol. The second-order valence-electron chi connectivity index (χ2n) is 5.24. The van der Waals surface area contributed by atoms with Crippen LogP contribution in [-0.4, -0.2) is 28.7 Å². The third kappa shape index (κ3) is 2.68. The quantitative estimate of drug-likeness (QED) is 0.636. The molecule has 2 heterocycles. The van der Waals surface area contributed by atoms with Gasteiger partial charge >= 0.3 is 0 Å². The number of piperidine rings is 1. The molecule has 0 spiro atoms. The molecule has 0 aromatic heterocycles. The van der Waals surface area contributed by atoms with Crippen molar-refractivity contribution >= 4 is 17.7 Å². The molecule has 2 fully saturated rings. The number of rotatable bonds is 3. The van der Waals surface area contributed by atoms with E-state index in [9.17, 15) is 14.4 Å². The van der Waals surface area contributed by atoms with Crippen molar-refractivity contribution in [2.45, 2.75) is 45.6 Å². The van der Waals surface area contributed by atoms with E-state index in [0.29, 0.717) is 29.7 Å². The van der Waals surface area contributed by atoms with Crippen LogP contribution in [0.1, 0.15) is 39.5 Å². The van der Waals surface area contributed by atoms with E-state index >= 15 is 0 Å². The SMILES string of the molecule is C=C1CCC(N2C(=O)C(=C/C)/C(=C\CCC)C2=O)C(=O)N1. The van der Waals surface area contributed by atoms with Crippen molar-refractivity contribution in [1.29, 1.82) is 0 Å². The average Bonchev–Trinajstić information content (AvgIpc) is 2.68. The Morgan fingerprint density at radius 3 is 2.52 bits per heavy atom. The van der Waals surface area contributed by atoms with Gasteiger partial charge in [0.25, 0.3) is 11.8 Å². The Bertz CT molecular complexity index is 572. The van der Waals surface area contributed by atoms with E-state index in [1.807, 2.05) is 6.92 Å². The molecule has 0 aromatic carbocycles. The van der Waals surface area contributed by atoms with Crippen LogP contribution in [0.5, 0.6) is 0 Å². The number of likely N-dealkylation sites (tertiary alicyclic amines) is 1. The highest BCUT2D eigenvalue weighted by molar-refractivity contribution is 6.25. The molecule has 0 bridgehead atoms. The lowest BCUT2D eigenvalue weighted by molar-refractivity contribution is -0.145. The average molecular weight is 288 g/mol. The first-order valence-electron chi connectivity index (χ1n) is 7.24. The fraction of sp³-hybridized carbons (Fsp3) is 0.438. The van der Waals surface area contributed by atoms with Gasteiger partial charge in [-0.3, -0.25) is 19.3 Å². The van der Waals surface area contributed by atoms with E-state index in [1.165, 1.54) is 0 Å². The van der Waals surface area contributed by atoms with Gasteiger partial charge in [-0.15, -0.1) is 0 Å². The highest BCUT2D eigenvalue weighted by Gasteiger charge is 2.45. The molecule has 1 unspecified atom stereocenters. The van der Waals surface area contributed by atoms with Gasteiger partial charge in [0, 0.05) is 16.8 Å². The fourth-order valence-electron chi connectivity index (χ4n) is 2.64. The summed E-state index contributed by atoms with van der Waals surface area (Å²) in [5.41, 5.74) is 1.44. The zero-order chi connectivity index (χ0) is 15.6. The highest BCUT2D eigenvalue weighted by atomic mass is 16.2. The summed E-state index contributed by atoms with van der Waals surface area (Å²) in [5, 5.41) is 2.62. The van der Waals surface area contributed by atoms with Crippen LogP contribution in [0.4, 0.5) is 0 Å². The van der Waals surface area contributed by atoms with Gasteiger partial charge in [-0.25, -0.2) is 0 Å². The summed E-state index contributed by atoms with van der Waals surface area (Å²) in [7, 11) is 0. The molecule has 3 amide bonds. The fourth-order valence-corrected chi connectivity index (χ4v) is 2.64. The van der Waals surface area contributed by atoms with Crippen LogP contribution in [0.3, 0.4) is 0 Å². The van der Waals surface area contributed by atoms with Crippen molar-refractivity contribution in [3.63, 3.8) is 0 Å². The second kappa shape index (κ2) is 6.08. The Balaban J connectivity index is 2.33. The molecule has 0 radical (unpaired) electrons. The lowest BCUT2D eigenvalue weighted by Crippen LogP contribution is -2.51. The number of unbranched alkanes of at least 4 members (excludes halogenated alkanes) is 1. The molecule has 0 saturated carbocycles. The van der Waals surface area contributed by atoms with Gasteiger partial charge in [0.05, 0.1) is 0 Å². The highest BCUT2D eigenvalue weighted by Crippen LogP contribution is 2.30. The largest absolute Gasteiger partial charge is 0.329 e. The van der Waals surface area contributed by atoms with E-state index < -0.39 is 6.04 Å². The van der Waals surface area contributed by atoms with Gasteiger partial charge in [-0.1, -0.05) is 32.1 Å². The van der Waals surface area contributed by atoms with Crippen LogP contribution in [0.25, 0.3) is 0 Å². The summed E-state index contributed by atoms with van der Waals surface area (Å²) in [6, 6.07) is -0.738. The molecule has 2 saturated heterocycles. The Kier molecular flexibility index (Phi) is 4.40. The van der Waals surface area contributed by atoms with Gasteiger partial charge in [-0.2, -0.15) is 0 Å². The van der Waals surface area contributed by atoms with E-state index in [0.717, 1.165) is 17.7 Å². The maximum Gasteiger partial charge on any atom is 0.261 e. The topological polar surface area (TPSA) is 66.5 Å². The molecule has 2 aliphatic heterocycles. The summed E-state index contributed by atoms with van der Waals surface area (Å²) >= 11 is 0. The Hall–Kier alpha value is -2.17. The third-order valence-electron chi connectivity index (χ3n) is 3.75. The maximum atomic E-state index is 12.5.